The van der Waals surface area contributed by atoms with Gasteiger partial charge in [0.15, 0.2) is 5.78 Å². The molecule has 0 saturated carbocycles. The van der Waals surface area contributed by atoms with Crippen LogP contribution in [0.3, 0.4) is 0 Å². The second-order valence-electron chi connectivity index (χ2n) is 9.70. The first kappa shape index (κ1) is 22.4. The summed E-state index contributed by atoms with van der Waals surface area (Å²) in [5.74, 6) is 0.0837. The first-order chi connectivity index (χ1) is 12.2. The number of rotatable bonds is 6. The largest absolute Gasteiger partial charge is 0.334 e. The molecule has 1 unspecified atom stereocenters. The molecule has 154 valence electrons. The minimum atomic E-state index is -1.01. The molecule has 1 aliphatic heterocycles. The molecule has 0 amide bonds. The Morgan fingerprint density at radius 1 is 1.07 bits per heavy atom. The van der Waals surface area contributed by atoms with Gasteiger partial charge in [-0.15, -0.1) is 10.3 Å². The summed E-state index contributed by atoms with van der Waals surface area (Å²) < 4.78 is 6.39. The van der Waals surface area contributed by atoms with Crippen molar-refractivity contribution < 1.29 is 13.8 Å². The third-order valence-corrected chi connectivity index (χ3v) is 5.88. The number of benzene rings is 1. The number of Topliss-reactive ketones (excluding diaryl/α,β-unsaturated/α-hetero) is 1. The zero-order chi connectivity index (χ0) is 20.6. The molecule has 0 aromatic heterocycles. The van der Waals surface area contributed by atoms with E-state index in [0.717, 1.165) is 24.0 Å². The van der Waals surface area contributed by atoms with E-state index in [-0.39, 0.29) is 29.1 Å². The highest BCUT2D eigenvalue weighted by molar-refractivity contribution is 8.28. The Labute approximate surface area is 167 Å². The van der Waals surface area contributed by atoms with Crippen molar-refractivity contribution in [2.45, 2.75) is 77.7 Å². The topological polar surface area (TPSA) is 38.8 Å². The van der Waals surface area contributed by atoms with Crippen LogP contribution in [-0.2, 0) is 9.02 Å². The molecule has 0 spiro atoms. The zero-order valence-corrected chi connectivity index (χ0v) is 19.3. The van der Waals surface area contributed by atoms with Gasteiger partial charge in [-0.25, -0.2) is 0 Å². The van der Waals surface area contributed by atoms with Crippen LogP contribution in [0.1, 0.15) is 76.4 Å². The molecule has 1 heterocycles. The summed E-state index contributed by atoms with van der Waals surface area (Å²) in [6, 6.07) is 7.72. The highest BCUT2D eigenvalue weighted by Crippen LogP contribution is 2.47. The van der Waals surface area contributed by atoms with Crippen LogP contribution in [0.4, 0.5) is 0 Å². The summed E-state index contributed by atoms with van der Waals surface area (Å²) >= 11 is 0. The van der Waals surface area contributed by atoms with E-state index in [4.69, 9.17) is 9.02 Å². The van der Waals surface area contributed by atoms with Crippen molar-refractivity contribution in [3.05, 3.63) is 35.4 Å². The van der Waals surface area contributed by atoms with Gasteiger partial charge in [0, 0.05) is 16.6 Å². The Morgan fingerprint density at radius 3 is 1.96 bits per heavy atom. The summed E-state index contributed by atoms with van der Waals surface area (Å²) in [6.45, 7) is 12.6. The van der Waals surface area contributed by atoms with Crippen LogP contribution in [0.25, 0.3) is 0 Å². The number of hydrogen-bond donors (Lipinski definition) is 0. The minimum Gasteiger partial charge on any atom is -0.334 e. The van der Waals surface area contributed by atoms with Gasteiger partial charge in [-0.2, -0.15) is 5.06 Å². The minimum absolute atomic E-state index is 0.0837. The van der Waals surface area contributed by atoms with Crippen LogP contribution in [0, 0.1) is 0 Å². The van der Waals surface area contributed by atoms with Gasteiger partial charge in [0.05, 0.1) is 6.10 Å². The van der Waals surface area contributed by atoms with Gasteiger partial charge in [0.1, 0.15) is 6.10 Å². The van der Waals surface area contributed by atoms with Crippen molar-refractivity contribution >= 4 is 16.1 Å². The van der Waals surface area contributed by atoms with Crippen molar-refractivity contribution in [1.29, 1.82) is 0 Å². The van der Waals surface area contributed by atoms with Crippen LogP contribution in [0.2, 0.25) is 0 Å². The number of nitrogens with zero attached hydrogens (tertiary/aromatic N) is 1. The Kier molecular flexibility index (Phi) is 6.52. The van der Waals surface area contributed by atoms with Crippen LogP contribution >= 0.6 is 10.3 Å². The molecule has 0 N–H and O–H groups in total. The van der Waals surface area contributed by atoms with Gasteiger partial charge in [-0.05, 0) is 78.7 Å². The van der Waals surface area contributed by atoms with Crippen molar-refractivity contribution in [2.75, 3.05) is 18.8 Å². The molecule has 4 nitrogen and oxygen atoms in total. The standard InChI is InChI=1S/C22H37NO3S/c1-16(24)18-10-12-19(13-11-18)17(2)25-23-21(3,4)14-20(15-22(23,5)6)26-27(7,8)9/h10-13,17,20H,14-15H2,1-9H3. The maximum atomic E-state index is 11.5. The Morgan fingerprint density at radius 2 is 1.56 bits per heavy atom. The predicted molar refractivity (Wildman–Crippen MR) is 115 cm³/mol. The molecular formula is C22H37NO3S. The second-order valence-corrected chi connectivity index (χ2v) is 13.3. The lowest BCUT2D eigenvalue weighted by Gasteiger charge is -2.55. The molecule has 27 heavy (non-hydrogen) atoms. The fourth-order valence-electron chi connectivity index (χ4n) is 4.14. The second kappa shape index (κ2) is 7.86. The molecule has 0 radical (unpaired) electrons. The lowest BCUT2D eigenvalue weighted by Crippen LogP contribution is -2.62. The van der Waals surface area contributed by atoms with Gasteiger partial charge < -0.3 is 4.18 Å². The third kappa shape index (κ3) is 5.80. The molecule has 0 aliphatic carbocycles. The molecule has 5 heteroatoms. The molecule has 1 atom stereocenters. The van der Waals surface area contributed by atoms with E-state index in [9.17, 15) is 4.79 Å². The van der Waals surface area contributed by atoms with Gasteiger partial charge in [0.2, 0.25) is 0 Å². The molecule has 1 aromatic carbocycles. The Balaban J connectivity index is 2.15. The molecule has 1 aliphatic rings. The van der Waals surface area contributed by atoms with Crippen LogP contribution < -0.4 is 0 Å². The average Bonchev–Trinajstić information content (AvgIpc) is 2.48. The lowest BCUT2D eigenvalue weighted by molar-refractivity contribution is -0.312. The number of hydroxylamine groups is 2. The molecule has 1 fully saturated rings. The van der Waals surface area contributed by atoms with E-state index in [0.29, 0.717) is 0 Å². The fourth-order valence-corrected chi connectivity index (χ4v) is 5.09. The molecule has 2 rings (SSSR count). The number of carbonyl (C=O) groups excluding carboxylic acids is 1. The van der Waals surface area contributed by atoms with E-state index in [1.165, 1.54) is 0 Å². The third-order valence-electron chi connectivity index (χ3n) is 5.03. The molecule has 1 aromatic rings. The van der Waals surface area contributed by atoms with Crippen molar-refractivity contribution in [3.63, 3.8) is 0 Å². The number of carbonyl (C=O) groups is 1. The Bertz CT molecular complexity index is 643. The van der Waals surface area contributed by atoms with E-state index >= 15 is 0 Å². The average molecular weight is 396 g/mol. The van der Waals surface area contributed by atoms with Gasteiger partial charge in [-0.1, -0.05) is 24.3 Å². The first-order valence-corrected chi connectivity index (χ1v) is 12.4. The summed E-state index contributed by atoms with van der Waals surface area (Å²) in [6.07, 6.45) is 8.63. The summed E-state index contributed by atoms with van der Waals surface area (Å²) in [5, 5.41) is 2.17. The highest BCUT2D eigenvalue weighted by atomic mass is 32.3. The first-order valence-electron chi connectivity index (χ1n) is 9.66. The number of piperidine rings is 1. The maximum absolute atomic E-state index is 11.5. The predicted octanol–water partition coefficient (Wildman–Crippen LogP) is 5.53. The SMILES string of the molecule is CC(=O)c1ccc(C(C)ON2C(C)(C)CC(OS(C)(C)C)CC2(C)C)cc1. The summed E-state index contributed by atoms with van der Waals surface area (Å²) in [7, 11) is -1.01. The van der Waals surface area contributed by atoms with Crippen LogP contribution in [0.15, 0.2) is 24.3 Å². The highest BCUT2D eigenvalue weighted by Gasteiger charge is 2.48. The smallest absolute Gasteiger partial charge is 0.159 e. The van der Waals surface area contributed by atoms with Gasteiger partial charge >= 0.3 is 0 Å². The molecule has 1 saturated heterocycles. The number of ketones is 1. The van der Waals surface area contributed by atoms with Crippen molar-refractivity contribution in [2.24, 2.45) is 0 Å². The fraction of sp³-hybridized carbons (Fsp3) is 0.682. The quantitative estimate of drug-likeness (QED) is 0.594. The maximum Gasteiger partial charge on any atom is 0.159 e. The zero-order valence-electron chi connectivity index (χ0n) is 18.5. The van der Waals surface area contributed by atoms with E-state index in [1.807, 2.05) is 24.3 Å². The lowest BCUT2D eigenvalue weighted by atomic mass is 9.80. The van der Waals surface area contributed by atoms with Crippen molar-refractivity contribution in [3.8, 4) is 0 Å². The Hall–Kier alpha value is -0.880. The van der Waals surface area contributed by atoms with Crippen molar-refractivity contribution in [1.82, 2.24) is 5.06 Å². The summed E-state index contributed by atoms with van der Waals surface area (Å²) in [4.78, 5) is 18.0. The normalized spacial score (nSPS) is 22.4. The van der Waals surface area contributed by atoms with Crippen LogP contribution in [0.5, 0.6) is 0 Å². The van der Waals surface area contributed by atoms with E-state index in [1.54, 1.807) is 6.92 Å². The monoisotopic (exact) mass is 395 g/mol. The molecule has 0 bridgehead atoms. The number of hydrogen-bond acceptors (Lipinski definition) is 4. The molecular weight excluding hydrogens is 358 g/mol. The van der Waals surface area contributed by atoms with E-state index in [2.05, 4.69) is 58.4 Å². The van der Waals surface area contributed by atoms with Gasteiger partial charge in [0.25, 0.3) is 0 Å². The van der Waals surface area contributed by atoms with Gasteiger partial charge in [-0.3, -0.25) is 9.63 Å². The van der Waals surface area contributed by atoms with E-state index < -0.39 is 10.3 Å². The van der Waals surface area contributed by atoms with Crippen LogP contribution in [-0.4, -0.2) is 46.8 Å². The summed E-state index contributed by atoms with van der Waals surface area (Å²) in [5.41, 5.74) is 1.54.